The minimum Gasteiger partial charge on any atom is -0.487 e. The van der Waals surface area contributed by atoms with E-state index in [1.54, 1.807) is 18.4 Å². The summed E-state index contributed by atoms with van der Waals surface area (Å²) in [6.45, 7) is 2.14. The van der Waals surface area contributed by atoms with Gasteiger partial charge in [0.05, 0.1) is 7.11 Å². The van der Waals surface area contributed by atoms with Crippen molar-refractivity contribution in [3.63, 3.8) is 0 Å². The molecule has 0 saturated heterocycles. The van der Waals surface area contributed by atoms with Crippen molar-refractivity contribution in [2.24, 2.45) is 0 Å². The third kappa shape index (κ3) is 1.45. The summed E-state index contributed by atoms with van der Waals surface area (Å²) in [4.78, 5) is 0. The van der Waals surface area contributed by atoms with E-state index in [9.17, 15) is 0 Å². The second kappa shape index (κ2) is 2.87. The summed E-state index contributed by atoms with van der Waals surface area (Å²) in [6, 6.07) is 2.07. The molecule has 0 amide bonds. The lowest BCUT2D eigenvalue weighted by molar-refractivity contribution is 0.427. The van der Waals surface area contributed by atoms with Crippen LogP contribution in [0.15, 0.2) is 11.4 Å². The number of methoxy groups -OCH3 is 1. The molecule has 0 radical (unpaired) electrons. The first-order valence-corrected chi connectivity index (χ1v) is 3.86. The summed E-state index contributed by atoms with van der Waals surface area (Å²) < 4.78 is 5.02. The fourth-order valence-electron chi connectivity index (χ4n) is 0.646. The Bertz CT molecular complexity index is 162. The molecule has 0 unspecified atom stereocenters. The van der Waals surface area contributed by atoms with Gasteiger partial charge in [-0.25, -0.2) is 0 Å². The molecule has 9 heavy (non-hydrogen) atoms. The van der Waals surface area contributed by atoms with Crippen LogP contribution in [-0.4, -0.2) is 7.11 Å². The molecule has 1 nitrogen and oxygen atoms in total. The zero-order chi connectivity index (χ0) is 6.69. The standard InChI is InChI=1S/C7H10OS/c1-3-6-4-7(8-2)9-5-6/h4-5H,3H2,1-2H3. The van der Waals surface area contributed by atoms with Crippen LogP contribution in [0.3, 0.4) is 0 Å². The van der Waals surface area contributed by atoms with Crippen LogP contribution in [0, 0.1) is 0 Å². The van der Waals surface area contributed by atoms with Crippen LogP contribution in [0.2, 0.25) is 0 Å². The summed E-state index contributed by atoms with van der Waals surface area (Å²) in [7, 11) is 1.70. The molecular weight excluding hydrogens is 132 g/mol. The Morgan fingerprint density at radius 2 is 2.44 bits per heavy atom. The Morgan fingerprint density at radius 3 is 2.78 bits per heavy atom. The first-order valence-electron chi connectivity index (χ1n) is 2.98. The topological polar surface area (TPSA) is 9.23 Å². The van der Waals surface area contributed by atoms with Gasteiger partial charge in [-0.05, 0) is 23.4 Å². The highest BCUT2D eigenvalue weighted by Crippen LogP contribution is 2.22. The second-order valence-electron chi connectivity index (χ2n) is 1.83. The van der Waals surface area contributed by atoms with Crippen molar-refractivity contribution in [2.75, 3.05) is 7.11 Å². The van der Waals surface area contributed by atoms with Crippen molar-refractivity contribution in [1.82, 2.24) is 0 Å². The van der Waals surface area contributed by atoms with E-state index in [4.69, 9.17) is 4.74 Å². The number of thiophene rings is 1. The van der Waals surface area contributed by atoms with Crippen LogP contribution >= 0.6 is 11.3 Å². The summed E-state index contributed by atoms with van der Waals surface area (Å²) in [5, 5.41) is 3.13. The zero-order valence-corrected chi connectivity index (χ0v) is 6.49. The largest absolute Gasteiger partial charge is 0.487 e. The van der Waals surface area contributed by atoms with Crippen molar-refractivity contribution >= 4 is 11.3 Å². The van der Waals surface area contributed by atoms with Gasteiger partial charge in [0.2, 0.25) is 0 Å². The van der Waals surface area contributed by atoms with Gasteiger partial charge in [0, 0.05) is 0 Å². The molecule has 1 rings (SSSR count). The summed E-state index contributed by atoms with van der Waals surface area (Å²) >= 11 is 1.65. The van der Waals surface area contributed by atoms with E-state index < -0.39 is 0 Å². The quantitative estimate of drug-likeness (QED) is 0.615. The predicted molar refractivity (Wildman–Crippen MR) is 40.2 cm³/mol. The monoisotopic (exact) mass is 142 g/mol. The van der Waals surface area contributed by atoms with E-state index in [0.717, 1.165) is 11.5 Å². The molecule has 0 aromatic carbocycles. The van der Waals surface area contributed by atoms with Gasteiger partial charge < -0.3 is 4.74 Å². The maximum absolute atomic E-state index is 5.02. The van der Waals surface area contributed by atoms with Crippen LogP contribution in [0.4, 0.5) is 0 Å². The van der Waals surface area contributed by atoms with Gasteiger partial charge in [-0.15, -0.1) is 11.3 Å². The first-order chi connectivity index (χ1) is 4.36. The lowest BCUT2D eigenvalue weighted by Gasteiger charge is -1.88. The van der Waals surface area contributed by atoms with Gasteiger partial charge in [-0.1, -0.05) is 6.92 Å². The van der Waals surface area contributed by atoms with Gasteiger partial charge >= 0.3 is 0 Å². The lowest BCUT2D eigenvalue weighted by Crippen LogP contribution is -1.75. The van der Waals surface area contributed by atoms with E-state index in [0.29, 0.717) is 0 Å². The molecule has 0 fully saturated rings. The Morgan fingerprint density at radius 1 is 1.67 bits per heavy atom. The Balaban J connectivity index is 2.74. The molecule has 0 N–H and O–H groups in total. The van der Waals surface area contributed by atoms with Crippen molar-refractivity contribution in [2.45, 2.75) is 13.3 Å². The summed E-state index contributed by atoms with van der Waals surface area (Å²) in [6.07, 6.45) is 1.10. The maximum atomic E-state index is 5.02. The van der Waals surface area contributed by atoms with Crippen molar-refractivity contribution in [3.8, 4) is 5.06 Å². The van der Waals surface area contributed by atoms with E-state index >= 15 is 0 Å². The fourth-order valence-corrected chi connectivity index (χ4v) is 1.46. The number of rotatable bonds is 2. The van der Waals surface area contributed by atoms with Gasteiger partial charge in [0.1, 0.15) is 0 Å². The minimum atomic E-state index is 1.01. The lowest BCUT2D eigenvalue weighted by atomic mass is 10.3. The van der Waals surface area contributed by atoms with E-state index in [2.05, 4.69) is 18.4 Å². The van der Waals surface area contributed by atoms with Crippen LogP contribution in [0.1, 0.15) is 12.5 Å². The molecule has 2 heteroatoms. The van der Waals surface area contributed by atoms with Crippen molar-refractivity contribution in [1.29, 1.82) is 0 Å². The second-order valence-corrected chi connectivity index (χ2v) is 2.71. The van der Waals surface area contributed by atoms with Gasteiger partial charge in [0.25, 0.3) is 0 Å². The average Bonchev–Trinajstić information content (AvgIpc) is 2.34. The maximum Gasteiger partial charge on any atom is 0.173 e. The Labute approximate surface area is 59.3 Å². The highest BCUT2D eigenvalue weighted by Gasteiger charge is 1.94. The fraction of sp³-hybridized carbons (Fsp3) is 0.429. The van der Waals surface area contributed by atoms with Gasteiger partial charge in [0.15, 0.2) is 5.06 Å². The molecule has 0 aliphatic rings. The zero-order valence-electron chi connectivity index (χ0n) is 5.68. The van der Waals surface area contributed by atoms with E-state index in [1.807, 2.05) is 0 Å². The molecule has 1 heterocycles. The first kappa shape index (κ1) is 6.62. The third-order valence-corrected chi connectivity index (χ3v) is 2.18. The minimum absolute atomic E-state index is 1.01. The third-order valence-electron chi connectivity index (χ3n) is 1.24. The van der Waals surface area contributed by atoms with Crippen LogP contribution in [-0.2, 0) is 6.42 Å². The van der Waals surface area contributed by atoms with Crippen LogP contribution in [0.5, 0.6) is 5.06 Å². The molecule has 0 saturated carbocycles. The number of aryl methyl sites for hydroxylation is 1. The van der Waals surface area contributed by atoms with E-state index in [-0.39, 0.29) is 0 Å². The molecule has 0 aliphatic carbocycles. The highest BCUT2D eigenvalue weighted by molar-refractivity contribution is 7.12. The van der Waals surface area contributed by atoms with Gasteiger partial charge in [-0.3, -0.25) is 0 Å². The normalized spacial score (nSPS) is 9.56. The Kier molecular flexibility index (Phi) is 2.11. The smallest absolute Gasteiger partial charge is 0.173 e. The molecule has 0 spiro atoms. The van der Waals surface area contributed by atoms with Crippen LogP contribution < -0.4 is 4.74 Å². The molecule has 0 atom stereocenters. The molecule has 1 aromatic rings. The van der Waals surface area contributed by atoms with Gasteiger partial charge in [-0.2, -0.15) is 0 Å². The summed E-state index contributed by atoms with van der Waals surface area (Å²) in [5.41, 5.74) is 1.36. The number of hydrogen-bond acceptors (Lipinski definition) is 2. The molecule has 50 valence electrons. The number of ether oxygens (including phenoxy) is 1. The molecule has 0 aliphatic heterocycles. The van der Waals surface area contributed by atoms with E-state index in [1.165, 1.54) is 5.56 Å². The molecular formula is C7H10OS. The molecule has 0 bridgehead atoms. The molecule has 1 aromatic heterocycles. The average molecular weight is 142 g/mol. The van der Waals surface area contributed by atoms with Crippen molar-refractivity contribution in [3.05, 3.63) is 17.0 Å². The van der Waals surface area contributed by atoms with Crippen LogP contribution in [0.25, 0.3) is 0 Å². The predicted octanol–water partition coefficient (Wildman–Crippen LogP) is 2.32. The van der Waals surface area contributed by atoms with Crippen molar-refractivity contribution < 1.29 is 4.74 Å². The number of hydrogen-bond donors (Lipinski definition) is 0. The highest BCUT2D eigenvalue weighted by atomic mass is 32.1. The Hall–Kier alpha value is -0.500. The summed E-state index contributed by atoms with van der Waals surface area (Å²) in [5.74, 6) is 0. The SMILES string of the molecule is CCc1csc(OC)c1.